The summed E-state index contributed by atoms with van der Waals surface area (Å²) in [5.74, 6) is 0.466. The largest absolute Gasteiger partial charge is 0.492 e. The Kier molecular flexibility index (Phi) is 4.72. The maximum Gasteiger partial charge on any atom is 0.175 e. The van der Waals surface area contributed by atoms with Crippen molar-refractivity contribution in [1.29, 1.82) is 0 Å². The summed E-state index contributed by atoms with van der Waals surface area (Å²) in [5.41, 5.74) is -0.554. The van der Waals surface area contributed by atoms with Gasteiger partial charge in [0.2, 0.25) is 0 Å². The van der Waals surface area contributed by atoms with Crippen LogP contribution in [0.3, 0.4) is 0 Å². The molecule has 0 aromatic heterocycles. The van der Waals surface area contributed by atoms with Crippen molar-refractivity contribution in [3.63, 3.8) is 0 Å². The molecule has 5 nitrogen and oxygen atoms in total. The van der Waals surface area contributed by atoms with E-state index in [2.05, 4.69) is 5.32 Å². The van der Waals surface area contributed by atoms with Gasteiger partial charge in [-0.25, -0.2) is 8.42 Å². The van der Waals surface area contributed by atoms with Crippen molar-refractivity contribution in [3.8, 4) is 5.75 Å². The topological polar surface area (TPSA) is 75.6 Å². The van der Waals surface area contributed by atoms with E-state index in [9.17, 15) is 13.5 Å². The van der Waals surface area contributed by atoms with Gasteiger partial charge in [0.05, 0.1) is 17.0 Å². The standard InChI is InChI=1S/C12H19NO4S/c1-12(8-14,13-2)9-17-10-5-4-6-11(7-10)18(3,15)16/h4-7,13-14H,8-9H2,1-3H3. The van der Waals surface area contributed by atoms with Crippen LogP contribution in [0.4, 0.5) is 0 Å². The van der Waals surface area contributed by atoms with E-state index < -0.39 is 15.4 Å². The minimum Gasteiger partial charge on any atom is -0.492 e. The van der Waals surface area contributed by atoms with Gasteiger partial charge in [0, 0.05) is 6.26 Å². The van der Waals surface area contributed by atoms with E-state index in [1.165, 1.54) is 12.1 Å². The van der Waals surface area contributed by atoms with Crippen LogP contribution in [0.1, 0.15) is 6.92 Å². The molecule has 1 aromatic carbocycles. The predicted octanol–water partition coefficient (Wildman–Crippen LogP) is 0.439. The van der Waals surface area contributed by atoms with Crippen LogP contribution in [0.5, 0.6) is 5.75 Å². The molecule has 0 aliphatic rings. The number of aliphatic hydroxyl groups is 1. The molecule has 0 saturated carbocycles. The average molecular weight is 273 g/mol. The molecule has 2 N–H and O–H groups in total. The Hall–Kier alpha value is -1.11. The molecule has 1 rings (SSSR count). The summed E-state index contributed by atoms with van der Waals surface area (Å²) in [6, 6.07) is 6.30. The van der Waals surface area contributed by atoms with Crippen LogP contribution < -0.4 is 10.1 Å². The highest BCUT2D eigenvalue weighted by Gasteiger charge is 2.21. The third kappa shape index (κ3) is 3.97. The van der Waals surface area contributed by atoms with E-state index in [1.807, 2.05) is 6.92 Å². The summed E-state index contributed by atoms with van der Waals surface area (Å²) in [6.45, 7) is 1.98. The number of hydrogen-bond donors (Lipinski definition) is 2. The minimum atomic E-state index is -3.24. The molecule has 0 radical (unpaired) electrons. The van der Waals surface area contributed by atoms with Crippen LogP contribution >= 0.6 is 0 Å². The smallest absolute Gasteiger partial charge is 0.175 e. The van der Waals surface area contributed by atoms with Gasteiger partial charge in [0.1, 0.15) is 12.4 Å². The van der Waals surface area contributed by atoms with Crippen LogP contribution in [0.25, 0.3) is 0 Å². The van der Waals surface area contributed by atoms with Crippen molar-refractivity contribution < 1.29 is 18.3 Å². The number of ether oxygens (including phenoxy) is 1. The zero-order valence-corrected chi connectivity index (χ0v) is 11.6. The summed E-state index contributed by atoms with van der Waals surface area (Å²) in [4.78, 5) is 0.218. The van der Waals surface area contributed by atoms with Crippen LogP contribution in [-0.2, 0) is 9.84 Å². The molecule has 0 aliphatic carbocycles. The lowest BCUT2D eigenvalue weighted by molar-refractivity contribution is 0.122. The molecular weight excluding hydrogens is 254 g/mol. The number of benzene rings is 1. The third-order valence-corrected chi connectivity index (χ3v) is 3.85. The Balaban J connectivity index is 2.81. The number of likely N-dealkylation sites (N-methyl/N-ethyl adjacent to an activating group) is 1. The number of aliphatic hydroxyl groups excluding tert-OH is 1. The van der Waals surface area contributed by atoms with Gasteiger partial charge in [-0.15, -0.1) is 0 Å². The number of hydrogen-bond acceptors (Lipinski definition) is 5. The monoisotopic (exact) mass is 273 g/mol. The lowest BCUT2D eigenvalue weighted by atomic mass is 10.1. The van der Waals surface area contributed by atoms with Gasteiger partial charge < -0.3 is 15.2 Å². The Morgan fingerprint density at radius 2 is 2.11 bits per heavy atom. The molecule has 0 aliphatic heterocycles. The van der Waals surface area contributed by atoms with E-state index in [4.69, 9.17) is 4.74 Å². The van der Waals surface area contributed by atoms with Crippen molar-refractivity contribution in [3.05, 3.63) is 24.3 Å². The molecule has 0 heterocycles. The highest BCUT2D eigenvalue weighted by atomic mass is 32.2. The fourth-order valence-electron chi connectivity index (χ4n) is 1.23. The molecule has 0 amide bonds. The van der Waals surface area contributed by atoms with E-state index in [0.717, 1.165) is 6.26 Å². The van der Waals surface area contributed by atoms with Crippen LogP contribution in [-0.4, -0.2) is 45.6 Å². The second kappa shape index (κ2) is 5.69. The molecule has 18 heavy (non-hydrogen) atoms. The Morgan fingerprint density at radius 3 is 2.61 bits per heavy atom. The molecule has 0 spiro atoms. The summed E-state index contributed by atoms with van der Waals surface area (Å²) >= 11 is 0. The first-order valence-corrected chi connectivity index (χ1v) is 7.42. The summed E-state index contributed by atoms with van der Waals surface area (Å²) in [5, 5.41) is 12.2. The molecule has 0 saturated heterocycles. The maximum atomic E-state index is 11.4. The van der Waals surface area contributed by atoms with Crippen molar-refractivity contribution in [2.75, 3.05) is 26.5 Å². The van der Waals surface area contributed by atoms with E-state index in [-0.39, 0.29) is 18.1 Å². The fourth-order valence-corrected chi connectivity index (χ4v) is 1.89. The van der Waals surface area contributed by atoms with Crippen molar-refractivity contribution in [2.45, 2.75) is 17.4 Å². The first kappa shape index (κ1) is 14.9. The molecule has 1 unspecified atom stereocenters. The lowest BCUT2D eigenvalue weighted by Gasteiger charge is -2.26. The Morgan fingerprint density at radius 1 is 1.44 bits per heavy atom. The van der Waals surface area contributed by atoms with E-state index in [1.54, 1.807) is 19.2 Å². The van der Waals surface area contributed by atoms with Crippen LogP contribution in [0, 0.1) is 0 Å². The molecule has 102 valence electrons. The Labute approximate surface area is 108 Å². The quantitative estimate of drug-likeness (QED) is 0.786. The highest BCUT2D eigenvalue weighted by Crippen LogP contribution is 2.18. The SMILES string of the molecule is CNC(C)(CO)COc1cccc(S(C)(=O)=O)c1. The first-order chi connectivity index (χ1) is 8.30. The Bertz CT molecular complexity index is 495. The van der Waals surface area contributed by atoms with Gasteiger partial charge >= 0.3 is 0 Å². The van der Waals surface area contributed by atoms with E-state index in [0.29, 0.717) is 5.75 Å². The van der Waals surface area contributed by atoms with Crippen molar-refractivity contribution >= 4 is 9.84 Å². The minimum absolute atomic E-state index is 0.0741. The van der Waals surface area contributed by atoms with Crippen molar-refractivity contribution in [1.82, 2.24) is 5.32 Å². The number of nitrogens with one attached hydrogen (secondary N) is 1. The molecule has 0 bridgehead atoms. The second-order valence-corrected chi connectivity index (χ2v) is 6.52. The zero-order chi connectivity index (χ0) is 13.8. The van der Waals surface area contributed by atoms with Gasteiger partial charge in [0.25, 0.3) is 0 Å². The summed E-state index contributed by atoms with van der Waals surface area (Å²) in [6.07, 6.45) is 1.15. The van der Waals surface area contributed by atoms with Gasteiger partial charge in [-0.2, -0.15) is 0 Å². The third-order valence-electron chi connectivity index (χ3n) is 2.74. The van der Waals surface area contributed by atoms with Crippen LogP contribution in [0.15, 0.2) is 29.2 Å². The predicted molar refractivity (Wildman–Crippen MR) is 69.6 cm³/mol. The molecule has 1 aromatic rings. The normalized spacial score (nSPS) is 15.1. The molecular formula is C12H19NO4S. The van der Waals surface area contributed by atoms with Crippen molar-refractivity contribution in [2.24, 2.45) is 0 Å². The van der Waals surface area contributed by atoms with Crippen LogP contribution in [0.2, 0.25) is 0 Å². The lowest BCUT2D eigenvalue weighted by Crippen LogP contribution is -2.48. The van der Waals surface area contributed by atoms with Gasteiger partial charge in [-0.1, -0.05) is 6.07 Å². The molecule has 6 heteroatoms. The van der Waals surface area contributed by atoms with Gasteiger partial charge in [-0.05, 0) is 32.2 Å². The highest BCUT2D eigenvalue weighted by molar-refractivity contribution is 7.90. The molecule has 1 atom stereocenters. The maximum absolute atomic E-state index is 11.4. The number of rotatable bonds is 6. The summed E-state index contributed by atoms with van der Waals surface area (Å²) in [7, 11) is -1.51. The first-order valence-electron chi connectivity index (χ1n) is 5.53. The molecule has 0 fully saturated rings. The summed E-state index contributed by atoms with van der Waals surface area (Å²) < 4.78 is 28.3. The fraction of sp³-hybridized carbons (Fsp3) is 0.500. The zero-order valence-electron chi connectivity index (χ0n) is 10.8. The average Bonchev–Trinajstić information content (AvgIpc) is 2.35. The van der Waals surface area contributed by atoms with Gasteiger partial charge in [-0.3, -0.25) is 0 Å². The van der Waals surface area contributed by atoms with E-state index >= 15 is 0 Å². The van der Waals surface area contributed by atoms with Gasteiger partial charge in [0.15, 0.2) is 9.84 Å². The number of sulfone groups is 1. The second-order valence-electron chi connectivity index (χ2n) is 4.50.